The Kier molecular flexibility index (Phi) is 7.28. The number of hydrogen-bond acceptors (Lipinski definition) is 4. The summed E-state index contributed by atoms with van der Waals surface area (Å²) in [6.07, 6.45) is 0.599. The Bertz CT molecular complexity index is 1340. The monoisotopic (exact) mass is 517 g/mol. The van der Waals surface area contributed by atoms with Crippen LogP contribution < -0.4 is 5.32 Å². The van der Waals surface area contributed by atoms with E-state index in [4.69, 9.17) is 0 Å². The van der Waals surface area contributed by atoms with E-state index in [0.717, 1.165) is 28.3 Å². The van der Waals surface area contributed by atoms with E-state index in [9.17, 15) is 18.8 Å². The first-order chi connectivity index (χ1) is 18.4. The predicted octanol–water partition coefficient (Wildman–Crippen LogP) is 3.72. The van der Waals surface area contributed by atoms with Gasteiger partial charge in [0.25, 0.3) is 0 Å². The minimum atomic E-state index is -0.640. The number of nitrogens with zero attached hydrogens (tertiary/aromatic N) is 4. The van der Waals surface area contributed by atoms with Gasteiger partial charge in [0.2, 0.25) is 11.8 Å². The molecular weight excluding hydrogens is 485 g/mol. The molecule has 0 aliphatic carbocycles. The first-order valence-corrected chi connectivity index (χ1v) is 13.0. The van der Waals surface area contributed by atoms with Crippen LogP contribution in [0, 0.1) is 5.82 Å². The number of nitrogens with one attached hydrogen (secondary N) is 1. The minimum absolute atomic E-state index is 0.00269. The molecule has 38 heavy (non-hydrogen) atoms. The number of carbonyl (C=O) groups excluding carboxylic acids is 3. The van der Waals surface area contributed by atoms with Gasteiger partial charge in [0.1, 0.15) is 18.0 Å². The van der Waals surface area contributed by atoms with Crippen molar-refractivity contribution in [1.82, 2.24) is 25.1 Å². The van der Waals surface area contributed by atoms with Crippen LogP contribution in [0.2, 0.25) is 0 Å². The molecule has 2 atom stereocenters. The van der Waals surface area contributed by atoms with Crippen molar-refractivity contribution in [2.24, 2.45) is 0 Å². The van der Waals surface area contributed by atoms with Crippen LogP contribution in [0.15, 0.2) is 66.7 Å². The van der Waals surface area contributed by atoms with Gasteiger partial charge in [-0.25, -0.2) is 19.2 Å². The molecule has 8 nitrogen and oxygen atoms in total. The molecule has 0 spiro atoms. The second kappa shape index (κ2) is 10.8. The number of piperazine rings is 1. The standard InChI is InChI=1S/C29H32FN5O3/c1-3-7-25-28(37)33(17-22-10-6-9-21-8-4-5-11-24(21)22)18-26-34(25)27(36)19-32(2)35(26)29(38)31-16-20-12-14-23(30)15-13-20/h4-6,8-15,25-26H,3,7,16-19H2,1-2H3,(H,31,38)/t25-,26-/m0/s1. The van der Waals surface area contributed by atoms with Gasteiger partial charge in [-0.2, -0.15) is 0 Å². The van der Waals surface area contributed by atoms with Crippen molar-refractivity contribution in [1.29, 1.82) is 0 Å². The minimum Gasteiger partial charge on any atom is -0.333 e. The summed E-state index contributed by atoms with van der Waals surface area (Å²) in [6, 6.07) is 19.0. The van der Waals surface area contributed by atoms with E-state index in [1.807, 2.05) is 49.4 Å². The predicted molar refractivity (Wildman–Crippen MR) is 142 cm³/mol. The summed E-state index contributed by atoms with van der Waals surface area (Å²) in [6.45, 7) is 2.77. The van der Waals surface area contributed by atoms with Crippen LogP contribution >= 0.6 is 0 Å². The number of hydrazine groups is 1. The molecule has 2 fully saturated rings. The van der Waals surface area contributed by atoms with Gasteiger partial charge in [-0.15, -0.1) is 0 Å². The molecule has 4 amide bonds. The molecule has 2 aliphatic rings. The summed E-state index contributed by atoms with van der Waals surface area (Å²) in [5, 5.41) is 8.21. The zero-order valence-electron chi connectivity index (χ0n) is 21.6. The topological polar surface area (TPSA) is 76.2 Å². The number of rotatable bonds is 6. The SMILES string of the molecule is CCC[C@H]1C(=O)N(Cc2cccc3ccccc23)C[C@H]2N1C(=O)CN(C)N2C(=O)NCc1ccc(F)cc1. The van der Waals surface area contributed by atoms with E-state index in [0.29, 0.717) is 13.0 Å². The van der Waals surface area contributed by atoms with E-state index in [-0.39, 0.29) is 43.3 Å². The van der Waals surface area contributed by atoms with Crippen LogP contribution in [-0.2, 0) is 22.7 Å². The Morgan fingerprint density at radius 1 is 1.03 bits per heavy atom. The highest BCUT2D eigenvalue weighted by Gasteiger charge is 2.50. The van der Waals surface area contributed by atoms with Gasteiger partial charge in [-0.05, 0) is 40.5 Å². The van der Waals surface area contributed by atoms with Crippen molar-refractivity contribution in [3.63, 3.8) is 0 Å². The molecule has 0 unspecified atom stereocenters. The highest BCUT2D eigenvalue weighted by atomic mass is 19.1. The lowest BCUT2D eigenvalue weighted by Gasteiger charge is -2.54. The van der Waals surface area contributed by atoms with Gasteiger partial charge in [-0.1, -0.05) is 67.9 Å². The van der Waals surface area contributed by atoms with Crippen molar-refractivity contribution < 1.29 is 18.8 Å². The fourth-order valence-electron chi connectivity index (χ4n) is 5.49. The van der Waals surface area contributed by atoms with Gasteiger partial charge >= 0.3 is 6.03 Å². The molecule has 1 N–H and O–H groups in total. The van der Waals surface area contributed by atoms with Crippen LogP contribution in [0.4, 0.5) is 9.18 Å². The maximum atomic E-state index is 13.7. The van der Waals surface area contributed by atoms with Crippen LogP contribution in [0.1, 0.15) is 30.9 Å². The van der Waals surface area contributed by atoms with Crippen LogP contribution in [-0.4, -0.2) is 70.0 Å². The van der Waals surface area contributed by atoms with Crippen molar-refractivity contribution in [2.75, 3.05) is 20.1 Å². The lowest BCUT2D eigenvalue weighted by atomic mass is 10.00. The third kappa shape index (κ3) is 4.93. The number of hydrogen-bond donors (Lipinski definition) is 1. The first kappa shape index (κ1) is 25.7. The van der Waals surface area contributed by atoms with Gasteiger partial charge < -0.3 is 15.1 Å². The summed E-state index contributed by atoms with van der Waals surface area (Å²) in [7, 11) is 1.70. The second-order valence-corrected chi connectivity index (χ2v) is 9.89. The van der Waals surface area contributed by atoms with Crippen molar-refractivity contribution >= 4 is 28.6 Å². The number of carbonyl (C=O) groups is 3. The third-order valence-electron chi connectivity index (χ3n) is 7.31. The Labute approximate surface area is 221 Å². The highest BCUT2D eigenvalue weighted by Crippen LogP contribution is 2.30. The molecule has 2 heterocycles. The lowest BCUT2D eigenvalue weighted by Crippen LogP contribution is -2.75. The van der Waals surface area contributed by atoms with Crippen molar-refractivity contribution in [3.05, 3.63) is 83.7 Å². The largest absolute Gasteiger partial charge is 0.334 e. The molecule has 0 aromatic heterocycles. The van der Waals surface area contributed by atoms with E-state index in [1.54, 1.807) is 34.0 Å². The van der Waals surface area contributed by atoms with E-state index in [2.05, 4.69) is 5.32 Å². The third-order valence-corrected chi connectivity index (χ3v) is 7.31. The summed E-state index contributed by atoms with van der Waals surface area (Å²) in [5.41, 5.74) is 1.77. The van der Waals surface area contributed by atoms with Gasteiger partial charge in [0.05, 0.1) is 13.1 Å². The molecule has 2 aliphatic heterocycles. The number of benzene rings is 3. The quantitative estimate of drug-likeness (QED) is 0.541. The average Bonchev–Trinajstić information content (AvgIpc) is 2.91. The fraction of sp³-hybridized carbons (Fsp3) is 0.345. The number of halogens is 1. The summed E-state index contributed by atoms with van der Waals surface area (Å²) in [4.78, 5) is 43.8. The summed E-state index contributed by atoms with van der Waals surface area (Å²) in [5.74, 6) is -0.609. The molecule has 198 valence electrons. The molecular formula is C29H32FN5O3. The Balaban J connectivity index is 1.43. The average molecular weight is 518 g/mol. The van der Waals surface area contributed by atoms with Crippen LogP contribution in [0.25, 0.3) is 10.8 Å². The van der Waals surface area contributed by atoms with Gasteiger partial charge in [0, 0.05) is 20.1 Å². The maximum Gasteiger partial charge on any atom is 0.334 e. The maximum absolute atomic E-state index is 13.7. The first-order valence-electron chi connectivity index (χ1n) is 13.0. The molecule has 9 heteroatoms. The van der Waals surface area contributed by atoms with Gasteiger partial charge in [-0.3, -0.25) is 9.59 Å². The van der Waals surface area contributed by atoms with E-state index >= 15 is 0 Å². The van der Waals surface area contributed by atoms with E-state index in [1.165, 1.54) is 17.1 Å². The highest BCUT2D eigenvalue weighted by molar-refractivity contribution is 5.92. The Hall–Kier alpha value is -3.98. The molecule has 0 radical (unpaired) electrons. The van der Waals surface area contributed by atoms with Gasteiger partial charge in [0.15, 0.2) is 0 Å². The van der Waals surface area contributed by atoms with E-state index < -0.39 is 12.2 Å². The van der Waals surface area contributed by atoms with Crippen molar-refractivity contribution in [3.8, 4) is 0 Å². The number of likely N-dealkylation sites (N-methyl/N-ethyl adjacent to an activating group) is 1. The Morgan fingerprint density at radius 2 is 1.76 bits per heavy atom. The lowest BCUT2D eigenvalue weighted by molar-refractivity contribution is -0.188. The van der Waals surface area contributed by atoms with Crippen LogP contribution in [0.3, 0.4) is 0 Å². The fourth-order valence-corrected chi connectivity index (χ4v) is 5.49. The summed E-state index contributed by atoms with van der Waals surface area (Å²) >= 11 is 0. The second-order valence-electron chi connectivity index (χ2n) is 9.89. The number of urea groups is 1. The molecule has 0 saturated carbocycles. The molecule has 3 aromatic carbocycles. The zero-order chi connectivity index (χ0) is 26.8. The Morgan fingerprint density at radius 3 is 2.53 bits per heavy atom. The normalized spacial score (nSPS) is 20.1. The zero-order valence-corrected chi connectivity index (χ0v) is 21.6. The molecule has 2 saturated heterocycles. The number of fused-ring (bicyclic) bond motifs is 2. The molecule has 5 rings (SSSR count). The number of amides is 4. The van der Waals surface area contributed by atoms with Crippen molar-refractivity contribution in [2.45, 2.75) is 45.1 Å². The van der Waals surface area contributed by atoms with Crippen LogP contribution in [0.5, 0.6) is 0 Å². The smallest absolute Gasteiger partial charge is 0.333 e. The summed E-state index contributed by atoms with van der Waals surface area (Å²) < 4.78 is 13.3. The molecule has 3 aromatic rings. The molecule has 0 bridgehead atoms.